The zero-order chi connectivity index (χ0) is 17.6. The predicted molar refractivity (Wildman–Crippen MR) is 104 cm³/mol. The molecule has 130 valence electrons. The molecule has 2 aromatic rings. The molecule has 5 heteroatoms. The number of halogens is 1. The van der Waals surface area contributed by atoms with Gasteiger partial charge in [0.15, 0.2) is 0 Å². The number of aryl methyl sites for hydroxylation is 1. The Hall–Kier alpha value is -2.33. The second-order valence-electron chi connectivity index (χ2n) is 6.48. The molecule has 1 aliphatic rings. The summed E-state index contributed by atoms with van der Waals surface area (Å²) in [7, 11) is 0. The lowest BCUT2D eigenvalue weighted by Gasteiger charge is -2.16. The molecule has 1 aliphatic carbocycles. The van der Waals surface area contributed by atoms with Crippen LogP contribution < -0.4 is 5.73 Å². The summed E-state index contributed by atoms with van der Waals surface area (Å²) >= 11 is 6.04. The van der Waals surface area contributed by atoms with E-state index in [2.05, 4.69) is 46.1 Å². The molecule has 0 aliphatic heterocycles. The molecule has 3 rings (SSSR count). The first-order valence-corrected chi connectivity index (χ1v) is 8.92. The third-order valence-electron chi connectivity index (χ3n) is 4.36. The van der Waals surface area contributed by atoms with Gasteiger partial charge in [0.1, 0.15) is 0 Å². The van der Waals surface area contributed by atoms with Crippen molar-refractivity contribution in [1.29, 1.82) is 0 Å². The van der Waals surface area contributed by atoms with Crippen LogP contribution in [0.25, 0.3) is 0 Å². The minimum Gasteiger partial charge on any atom is -0.387 e. The van der Waals surface area contributed by atoms with Crippen molar-refractivity contribution < 1.29 is 0 Å². The molecular formula is C20H23ClN4. The fourth-order valence-electron chi connectivity index (χ4n) is 2.87. The maximum Gasteiger partial charge on any atom is 0.0995 e. The zero-order valence-electron chi connectivity index (χ0n) is 14.4. The number of nitrogens with two attached hydrogens (primary N) is 1. The Morgan fingerprint density at radius 3 is 2.72 bits per heavy atom. The van der Waals surface area contributed by atoms with Crippen LogP contribution in [0.5, 0.6) is 0 Å². The van der Waals surface area contributed by atoms with Crippen LogP contribution in [0.15, 0.2) is 64.7 Å². The molecule has 1 aromatic carbocycles. The molecule has 0 spiro atoms. The van der Waals surface area contributed by atoms with Gasteiger partial charge in [0.25, 0.3) is 0 Å². The highest BCUT2D eigenvalue weighted by molar-refractivity contribution is 6.29. The lowest BCUT2D eigenvalue weighted by molar-refractivity contribution is 0.670. The summed E-state index contributed by atoms with van der Waals surface area (Å²) in [5.41, 5.74) is 10.8. The number of aromatic nitrogens is 2. The Morgan fingerprint density at radius 2 is 2.04 bits per heavy atom. The summed E-state index contributed by atoms with van der Waals surface area (Å²) in [5, 5.41) is 0.875. The Kier molecular flexibility index (Phi) is 5.71. The number of imidazole rings is 1. The summed E-state index contributed by atoms with van der Waals surface area (Å²) in [5.74, 6) is 0.990. The van der Waals surface area contributed by atoms with E-state index in [-0.39, 0.29) is 0 Å². The number of benzene rings is 1. The lowest BCUT2D eigenvalue weighted by atomic mass is 9.99. The SMILES string of the molecule is CC1CC(Cl)=CC=C1N=C(N)CCc1ccc(Cc2cnc[nH]2)cc1. The number of aromatic amines is 1. The highest BCUT2D eigenvalue weighted by Gasteiger charge is 2.13. The summed E-state index contributed by atoms with van der Waals surface area (Å²) in [6.45, 7) is 2.12. The molecule has 0 amide bonds. The van der Waals surface area contributed by atoms with Crippen molar-refractivity contribution in [2.24, 2.45) is 16.6 Å². The molecule has 1 heterocycles. The van der Waals surface area contributed by atoms with Gasteiger partial charge in [0.2, 0.25) is 0 Å². The van der Waals surface area contributed by atoms with Gasteiger partial charge in [-0.1, -0.05) is 42.8 Å². The standard InChI is InChI=1S/C20H23ClN4/c1-14-10-17(21)7-8-19(14)25-20(22)9-6-15-2-4-16(5-3-15)11-18-12-23-13-24-18/h2-5,7-8,12-14H,6,9-11H2,1H3,(H2,22,25)(H,23,24). The zero-order valence-corrected chi connectivity index (χ0v) is 15.1. The summed E-state index contributed by atoms with van der Waals surface area (Å²) < 4.78 is 0. The molecule has 25 heavy (non-hydrogen) atoms. The van der Waals surface area contributed by atoms with Crippen molar-refractivity contribution >= 4 is 17.4 Å². The van der Waals surface area contributed by atoms with Crippen LogP contribution >= 0.6 is 11.6 Å². The molecule has 1 aromatic heterocycles. The van der Waals surface area contributed by atoms with Crippen LogP contribution in [0.3, 0.4) is 0 Å². The topological polar surface area (TPSA) is 67.1 Å². The molecular weight excluding hydrogens is 332 g/mol. The van der Waals surface area contributed by atoms with Crippen LogP contribution in [0.2, 0.25) is 0 Å². The number of nitrogens with zero attached hydrogens (tertiary/aromatic N) is 2. The molecule has 4 nitrogen and oxygen atoms in total. The minimum atomic E-state index is 0.317. The van der Waals surface area contributed by atoms with Crippen LogP contribution in [0.1, 0.15) is 36.6 Å². The third-order valence-corrected chi connectivity index (χ3v) is 4.64. The van der Waals surface area contributed by atoms with Crippen LogP contribution in [-0.2, 0) is 12.8 Å². The van der Waals surface area contributed by atoms with Crippen molar-refractivity contribution in [3.63, 3.8) is 0 Å². The number of hydrogen-bond donors (Lipinski definition) is 2. The lowest BCUT2D eigenvalue weighted by Crippen LogP contribution is -2.15. The molecule has 0 radical (unpaired) electrons. The molecule has 0 bridgehead atoms. The van der Waals surface area contributed by atoms with Crippen molar-refractivity contribution in [2.45, 2.75) is 32.6 Å². The van der Waals surface area contributed by atoms with Gasteiger partial charge in [-0.05, 0) is 36.1 Å². The fraction of sp³-hybridized carbons (Fsp3) is 0.300. The van der Waals surface area contributed by atoms with E-state index < -0.39 is 0 Å². The van der Waals surface area contributed by atoms with Crippen LogP contribution in [0, 0.1) is 5.92 Å². The van der Waals surface area contributed by atoms with E-state index in [0.717, 1.165) is 42.1 Å². The Balaban J connectivity index is 1.55. The van der Waals surface area contributed by atoms with Gasteiger partial charge < -0.3 is 10.7 Å². The summed E-state index contributed by atoms with van der Waals surface area (Å²) in [6.07, 6.45) is 10.8. The van der Waals surface area contributed by atoms with E-state index in [4.69, 9.17) is 17.3 Å². The van der Waals surface area contributed by atoms with Gasteiger partial charge in [0, 0.05) is 41.4 Å². The number of hydrogen-bond acceptors (Lipinski definition) is 2. The number of amidine groups is 1. The van der Waals surface area contributed by atoms with Gasteiger partial charge in [0.05, 0.1) is 12.2 Å². The highest BCUT2D eigenvalue weighted by atomic mass is 35.5. The minimum absolute atomic E-state index is 0.317. The van der Waals surface area contributed by atoms with Crippen molar-refractivity contribution in [1.82, 2.24) is 9.97 Å². The van der Waals surface area contributed by atoms with E-state index in [9.17, 15) is 0 Å². The number of aliphatic imine (C=N–C) groups is 1. The fourth-order valence-corrected chi connectivity index (χ4v) is 3.17. The normalized spacial score (nSPS) is 18.0. The smallest absolute Gasteiger partial charge is 0.0995 e. The molecule has 1 atom stereocenters. The van der Waals surface area contributed by atoms with Gasteiger partial charge in [-0.3, -0.25) is 0 Å². The number of nitrogens with one attached hydrogen (secondary N) is 1. The second-order valence-corrected chi connectivity index (χ2v) is 6.97. The molecule has 0 saturated carbocycles. The molecule has 0 fully saturated rings. The van der Waals surface area contributed by atoms with Gasteiger partial charge in [-0.15, -0.1) is 0 Å². The summed E-state index contributed by atoms with van der Waals surface area (Å²) in [4.78, 5) is 11.7. The van der Waals surface area contributed by atoms with Gasteiger partial charge in [-0.2, -0.15) is 0 Å². The average molecular weight is 355 g/mol. The highest BCUT2D eigenvalue weighted by Crippen LogP contribution is 2.27. The number of rotatable bonds is 6. The first kappa shape index (κ1) is 17.5. The summed E-state index contributed by atoms with van der Waals surface area (Å²) in [6, 6.07) is 8.62. The monoisotopic (exact) mass is 354 g/mol. The first-order chi connectivity index (χ1) is 12.1. The van der Waals surface area contributed by atoms with E-state index in [1.54, 1.807) is 6.33 Å². The molecule has 1 unspecified atom stereocenters. The van der Waals surface area contributed by atoms with Crippen molar-refractivity contribution in [3.05, 3.63) is 76.5 Å². The van der Waals surface area contributed by atoms with E-state index in [0.29, 0.717) is 11.8 Å². The number of allylic oxidation sites excluding steroid dienone is 4. The maximum absolute atomic E-state index is 6.11. The van der Waals surface area contributed by atoms with Crippen molar-refractivity contribution in [2.75, 3.05) is 0 Å². The Labute approximate surface area is 153 Å². The van der Waals surface area contributed by atoms with E-state index in [1.807, 2.05) is 18.3 Å². The molecule has 0 saturated heterocycles. The van der Waals surface area contributed by atoms with E-state index >= 15 is 0 Å². The first-order valence-electron chi connectivity index (χ1n) is 8.54. The van der Waals surface area contributed by atoms with Crippen LogP contribution in [-0.4, -0.2) is 15.8 Å². The van der Waals surface area contributed by atoms with Crippen LogP contribution in [0.4, 0.5) is 0 Å². The van der Waals surface area contributed by atoms with Gasteiger partial charge in [-0.25, -0.2) is 9.98 Å². The second kappa shape index (κ2) is 8.17. The quantitative estimate of drug-likeness (QED) is 0.598. The average Bonchev–Trinajstić information content (AvgIpc) is 3.10. The van der Waals surface area contributed by atoms with Gasteiger partial charge >= 0.3 is 0 Å². The predicted octanol–water partition coefficient (Wildman–Crippen LogP) is 4.34. The van der Waals surface area contributed by atoms with E-state index in [1.165, 1.54) is 11.1 Å². The number of H-pyrrole nitrogens is 1. The largest absolute Gasteiger partial charge is 0.387 e. The third kappa shape index (κ3) is 5.07. The Bertz CT molecular complexity index is 786. The van der Waals surface area contributed by atoms with Crippen molar-refractivity contribution in [3.8, 4) is 0 Å². The Morgan fingerprint density at radius 1 is 1.28 bits per heavy atom. The molecule has 3 N–H and O–H groups in total. The maximum atomic E-state index is 6.11.